The highest BCUT2D eigenvalue weighted by Gasteiger charge is 2.30. The Morgan fingerprint density at radius 1 is 1.05 bits per heavy atom. The molecule has 2 N–H and O–H groups in total. The molecule has 1 aromatic heterocycles. The number of benzene rings is 3. The number of hydrogen-bond donors (Lipinski definition) is 2. The predicted octanol–water partition coefficient (Wildman–Crippen LogP) is 6.61. The summed E-state index contributed by atoms with van der Waals surface area (Å²) in [5, 5.41) is 13.5. The molecule has 2 aliphatic rings. The second-order valence-corrected chi connectivity index (χ2v) is 11.6. The lowest BCUT2D eigenvalue weighted by atomic mass is 9.95. The maximum Gasteiger partial charge on any atom is 0.119 e. The van der Waals surface area contributed by atoms with E-state index in [1.807, 2.05) is 18.2 Å². The Morgan fingerprint density at radius 3 is 2.51 bits per heavy atom. The molecule has 7 heteroatoms. The van der Waals surface area contributed by atoms with E-state index in [1.165, 1.54) is 5.56 Å². The molecule has 0 radical (unpaired) electrons. The first-order valence-electron chi connectivity index (χ1n) is 14.1. The van der Waals surface area contributed by atoms with E-state index in [0.29, 0.717) is 12.0 Å². The van der Waals surface area contributed by atoms with Gasteiger partial charge in [0.15, 0.2) is 0 Å². The molecule has 1 atom stereocenters. The maximum absolute atomic E-state index is 6.52. The van der Waals surface area contributed by atoms with Crippen molar-refractivity contribution < 1.29 is 9.47 Å². The standard InChI is InChI=1S/C32H37ClN4O2/c1-21(2)31(27-5-3-4-6-29(27)33)34-18-22-7-12-30-28(17-22)32(36-35-30)23-8-10-25(11-9-23)39-26-13-15-37(16-14-26)24-19-38-20-24/h3-12,17,21,24,26,31,34H,13-16,18-20H2,1-2H3,(H,35,36)/t31-/m0/s1. The number of rotatable bonds is 9. The van der Waals surface area contributed by atoms with Gasteiger partial charge in [0.2, 0.25) is 0 Å². The van der Waals surface area contributed by atoms with Crippen molar-refractivity contribution in [2.75, 3.05) is 26.3 Å². The predicted molar refractivity (Wildman–Crippen MR) is 157 cm³/mol. The Morgan fingerprint density at radius 2 is 1.82 bits per heavy atom. The van der Waals surface area contributed by atoms with Gasteiger partial charge in [-0.15, -0.1) is 0 Å². The number of nitrogens with one attached hydrogen (secondary N) is 2. The second kappa shape index (κ2) is 11.7. The molecule has 2 aliphatic heterocycles. The smallest absolute Gasteiger partial charge is 0.119 e. The van der Waals surface area contributed by atoms with Gasteiger partial charge in [0.05, 0.1) is 30.5 Å². The van der Waals surface area contributed by atoms with Crippen LogP contribution < -0.4 is 10.1 Å². The summed E-state index contributed by atoms with van der Waals surface area (Å²) in [5.74, 6) is 1.33. The highest BCUT2D eigenvalue weighted by molar-refractivity contribution is 6.31. The number of piperidine rings is 1. The number of H-pyrrole nitrogens is 1. The molecule has 2 fully saturated rings. The van der Waals surface area contributed by atoms with Crippen molar-refractivity contribution in [1.82, 2.24) is 20.4 Å². The van der Waals surface area contributed by atoms with E-state index < -0.39 is 0 Å². The highest BCUT2D eigenvalue weighted by Crippen LogP contribution is 2.31. The number of hydrogen-bond acceptors (Lipinski definition) is 5. The molecule has 0 spiro atoms. The molecule has 0 saturated carbocycles. The monoisotopic (exact) mass is 544 g/mol. The number of ether oxygens (including phenoxy) is 2. The molecule has 204 valence electrons. The van der Waals surface area contributed by atoms with Gasteiger partial charge < -0.3 is 14.8 Å². The first-order valence-corrected chi connectivity index (χ1v) is 14.5. The van der Waals surface area contributed by atoms with Crippen LogP contribution in [0, 0.1) is 5.92 Å². The summed E-state index contributed by atoms with van der Waals surface area (Å²) < 4.78 is 11.7. The van der Waals surface area contributed by atoms with Crippen LogP contribution in [0.4, 0.5) is 0 Å². The third kappa shape index (κ3) is 5.85. The van der Waals surface area contributed by atoms with Crippen molar-refractivity contribution in [2.24, 2.45) is 5.92 Å². The molecule has 0 amide bonds. The third-order valence-electron chi connectivity index (χ3n) is 8.10. The Hall–Kier alpha value is -2.90. The summed E-state index contributed by atoms with van der Waals surface area (Å²) in [4.78, 5) is 2.54. The maximum atomic E-state index is 6.52. The molecule has 4 aromatic rings. The summed E-state index contributed by atoms with van der Waals surface area (Å²) >= 11 is 6.52. The van der Waals surface area contributed by atoms with Crippen LogP contribution in [0.15, 0.2) is 66.7 Å². The van der Waals surface area contributed by atoms with Gasteiger partial charge in [-0.1, -0.05) is 49.7 Å². The van der Waals surface area contributed by atoms with E-state index in [0.717, 1.165) is 84.2 Å². The fraction of sp³-hybridized carbons (Fsp3) is 0.406. The number of fused-ring (bicyclic) bond motifs is 1. The minimum absolute atomic E-state index is 0.172. The Balaban J connectivity index is 1.12. The molecule has 0 aliphatic carbocycles. The lowest BCUT2D eigenvalue weighted by Crippen LogP contribution is -2.52. The fourth-order valence-electron chi connectivity index (χ4n) is 5.73. The van der Waals surface area contributed by atoms with Crippen LogP contribution in [0.2, 0.25) is 5.02 Å². The Kier molecular flexibility index (Phi) is 7.89. The van der Waals surface area contributed by atoms with E-state index in [4.69, 9.17) is 21.1 Å². The number of aromatic nitrogens is 2. The SMILES string of the molecule is CC(C)[C@H](NCc1ccc2[nH]nc(-c3ccc(OC4CCN(C5COC5)CC4)cc3)c2c1)c1ccccc1Cl. The van der Waals surface area contributed by atoms with Gasteiger partial charge in [-0.3, -0.25) is 10.00 Å². The molecule has 3 aromatic carbocycles. The molecule has 0 unspecified atom stereocenters. The largest absolute Gasteiger partial charge is 0.490 e. The van der Waals surface area contributed by atoms with Crippen molar-refractivity contribution in [1.29, 1.82) is 0 Å². The van der Waals surface area contributed by atoms with E-state index in [9.17, 15) is 0 Å². The molecular formula is C32H37ClN4O2. The van der Waals surface area contributed by atoms with Gasteiger partial charge in [0.25, 0.3) is 0 Å². The minimum atomic E-state index is 0.172. The van der Waals surface area contributed by atoms with Crippen LogP contribution >= 0.6 is 11.6 Å². The summed E-state index contributed by atoms with van der Waals surface area (Å²) in [6.07, 6.45) is 2.40. The molecule has 39 heavy (non-hydrogen) atoms. The van der Waals surface area contributed by atoms with E-state index in [1.54, 1.807) is 0 Å². The van der Waals surface area contributed by atoms with Crippen LogP contribution in [0.5, 0.6) is 5.75 Å². The molecule has 6 rings (SSSR count). The highest BCUT2D eigenvalue weighted by atomic mass is 35.5. The van der Waals surface area contributed by atoms with Gasteiger partial charge in [-0.25, -0.2) is 0 Å². The van der Waals surface area contributed by atoms with Crippen LogP contribution in [0.1, 0.15) is 43.9 Å². The van der Waals surface area contributed by atoms with Crippen LogP contribution in [0.25, 0.3) is 22.2 Å². The second-order valence-electron chi connectivity index (χ2n) is 11.1. The van der Waals surface area contributed by atoms with Crippen LogP contribution in [-0.2, 0) is 11.3 Å². The normalized spacial score (nSPS) is 17.9. The van der Waals surface area contributed by atoms with Gasteiger partial charge in [0, 0.05) is 41.6 Å². The lowest BCUT2D eigenvalue weighted by molar-refractivity contribution is -0.0778. The summed E-state index contributed by atoms with van der Waals surface area (Å²) in [6.45, 7) is 9.13. The third-order valence-corrected chi connectivity index (χ3v) is 8.45. The van der Waals surface area contributed by atoms with Crippen molar-refractivity contribution in [3.8, 4) is 17.0 Å². The van der Waals surface area contributed by atoms with E-state index in [-0.39, 0.29) is 12.1 Å². The summed E-state index contributed by atoms with van der Waals surface area (Å²) in [5.41, 5.74) is 5.42. The molecule has 6 nitrogen and oxygen atoms in total. The molecular weight excluding hydrogens is 508 g/mol. The van der Waals surface area contributed by atoms with E-state index >= 15 is 0 Å². The van der Waals surface area contributed by atoms with Gasteiger partial charge in [-0.05, 0) is 72.4 Å². The lowest BCUT2D eigenvalue weighted by Gasteiger charge is -2.41. The number of likely N-dealkylation sites (tertiary alicyclic amines) is 1. The average Bonchev–Trinajstić information content (AvgIpc) is 3.33. The van der Waals surface area contributed by atoms with Gasteiger partial charge >= 0.3 is 0 Å². The van der Waals surface area contributed by atoms with Crippen molar-refractivity contribution in [3.63, 3.8) is 0 Å². The molecule has 3 heterocycles. The Bertz CT molecular complexity index is 1390. The van der Waals surface area contributed by atoms with Crippen LogP contribution in [-0.4, -0.2) is 53.5 Å². The van der Waals surface area contributed by atoms with Crippen molar-refractivity contribution in [2.45, 2.75) is 51.4 Å². The zero-order valence-electron chi connectivity index (χ0n) is 22.7. The quantitative estimate of drug-likeness (QED) is 0.248. The number of aromatic amines is 1. The number of halogens is 1. The summed E-state index contributed by atoms with van der Waals surface area (Å²) in [7, 11) is 0. The average molecular weight is 545 g/mol. The molecule has 2 saturated heterocycles. The Labute approximate surface area is 235 Å². The van der Waals surface area contributed by atoms with Crippen molar-refractivity contribution in [3.05, 3.63) is 82.9 Å². The number of nitrogens with zero attached hydrogens (tertiary/aromatic N) is 2. The fourth-order valence-corrected chi connectivity index (χ4v) is 5.98. The summed E-state index contributed by atoms with van der Waals surface area (Å²) in [6, 6.07) is 23.8. The van der Waals surface area contributed by atoms with Crippen LogP contribution in [0.3, 0.4) is 0 Å². The zero-order chi connectivity index (χ0) is 26.8. The van der Waals surface area contributed by atoms with Crippen molar-refractivity contribution >= 4 is 22.5 Å². The first-order chi connectivity index (χ1) is 19.0. The van der Waals surface area contributed by atoms with Gasteiger partial charge in [0.1, 0.15) is 11.9 Å². The topological polar surface area (TPSA) is 62.4 Å². The zero-order valence-corrected chi connectivity index (χ0v) is 23.5. The minimum Gasteiger partial charge on any atom is -0.490 e. The van der Waals surface area contributed by atoms with E-state index in [2.05, 4.69) is 82.8 Å². The first kappa shape index (κ1) is 26.3. The molecule has 0 bridgehead atoms. The van der Waals surface area contributed by atoms with Gasteiger partial charge in [-0.2, -0.15) is 5.10 Å².